The van der Waals surface area contributed by atoms with E-state index in [1.54, 1.807) is 19.9 Å². The zero-order valence-corrected chi connectivity index (χ0v) is 12.8. The number of ether oxygens (including phenoxy) is 2. The summed E-state index contributed by atoms with van der Waals surface area (Å²) in [5.74, 6) is -0.577. The van der Waals surface area contributed by atoms with Crippen molar-refractivity contribution in [2.75, 3.05) is 20.8 Å². The molecule has 1 aromatic rings. The summed E-state index contributed by atoms with van der Waals surface area (Å²) in [6.07, 6.45) is 0. The summed E-state index contributed by atoms with van der Waals surface area (Å²) < 4.78 is 36.5. The number of hydrogen-bond donors (Lipinski definition) is 1. The number of benzene rings is 1. The highest BCUT2D eigenvalue weighted by atomic mass is 32.2. The molecule has 1 aromatic carbocycles. The number of methoxy groups -OCH3 is 2. The first kappa shape index (κ1) is 16.6. The summed E-state index contributed by atoms with van der Waals surface area (Å²) in [5.41, 5.74) is 0.743. The Balaban J connectivity index is 3.14. The molecule has 0 aliphatic heterocycles. The van der Waals surface area contributed by atoms with Gasteiger partial charge in [0.15, 0.2) is 0 Å². The molecule has 112 valence electrons. The van der Waals surface area contributed by atoms with E-state index >= 15 is 0 Å². The molecule has 0 saturated carbocycles. The highest BCUT2D eigenvalue weighted by Gasteiger charge is 2.21. The average molecular weight is 301 g/mol. The zero-order chi connectivity index (χ0) is 15.3. The standard InChI is InChI=1S/C13H19NO5S/c1-9-5-6-11(13(15)19-4)7-12(9)20(16,17)14-10(2)8-18-3/h5-7,10,14H,8H2,1-4H3/t10-/m0/s1. The van der Waals surface area contributed by atoms with Crippen molar-refractivity contribution in [2.24, 2.45) is 0 Å². The van der Waals surface area contributed by atoms with Gasteiger partial charge in [-0.3, -0.25) is 0 Å². The molecule has 0 fully saturated rings. The number of rotatable bonds is 6. The molecule has 1 N–H and O–H groups in total. The van der Waals surface area contributed by atoms with Gasteiger partial charge in [-0.05, 0) is 31.5 Å². The van der Waals surface area contributed by atoms with E-state index in [1.165, 1.54) is 26.4 Å². The summed E-state index contributed by atoms with van der Waals surface area (Å²) >= 11 is 0. The highest BCUT2D eigenvalue weighted by Crippen LogP contribution is 2.18. The Kier molecular flexibility index (Phi) is 5.67. The van der Waals surface area contributed by atoms with Crippen LogP contribution in [0.1, 0.15) is 22.8 Å². The molecule has 0 bridgehead atoms. The Morgan fingerprint density at radius 2 is 2.00 bits per heavy atom. The summed E-state index contributed by atoms with van der Waals surface area (Å²) in [6.45, 7) is 3.62. The predicted molar refractivity (Wildman–Crippen MR) is 74.2 cm³/mol. The van der Waals surface area contributed by atoms with Crippen LogP contribution < -0.4 is 4.72 Å². The van der Waals surface area contributed by atoms with E-state index in [4.69, 9.17) is 4.74 Å². The third-order valence-electron chi connectivity index (χ3n) is 2.67. The van der Waals surface area contributed by atoms with E-state index in [0.717, 1.165) is 0 Å². The lowest BCUT2D eigenvalue weighted by Crippen LogP contribution is -2.36. The fraction of sp³-hybridized carbons (Fsp3) is 0.462. The van der Waals surface area contributed by atoms with Gasteiger partial charge in [-0.15, -0.1) is 0 Å². The van der Waals surface area contributed by atoms with E-state index < -0.39 is 16.0 Å². The average Bonchev–Trinajstić information content (AvgIpc) is 2.37. The first-order valence-corrected chi connectivity index (χ1v) is 7.50. The molecule has 7 heteroatoms. The van der Waals surface area contributed by atoms with Gasteiger partial charge in [-0.25, -0.2) is 17.9 Å². The Morgan fingerprint density at radius 1 is 1.35 bits per heavy atom. The van der Waals surface area contributed by atoms with Crippen LogP contribution in [0.4, 0.5) is 0 Å². The van der Waals surface area contributed by atoms with Crippen LogP contribution in [0.5, 0.6) is 0 Å². The van der Waals surface area contributed by atoms with Gasteiger partial charge >= 0.3 is 5.97 Å². The second-order valence-corrected chi connectivity index (χ2v) is 6.13. The molecule has 0 aliphatic carbocycles. The first-order valence-electron chi connectivity index (χ1n) is 6.02. The summed E-state index contributed by atoms with van der Waals surface area (Å²) in [4.78, 5) is 11.5. The van der Waals surface area contributed by atoms with E-state index in [2.05, 4.69) is 9.46 Å². The molecule has 0 amide bonds. The smallest absolute Gasteiger partial charge is 0.337 e. The quantitative estimate of drug-likeness (QED) is 0.796. The molecule has 1 atom stereocenters. The molecule has 0 heterocycles. The second-order valence-electron chi connectivity index (χ2n) is 4.45. The molecule has 0 spiro atoms. The maximum atomic E-state index is 12.3. The van der Waals surface area contributed by atoms with Crippen molar-refractivity contribution >= 4 is 16.0 Å². The van der Waals surface area contributed by atoms with Gasteiger partial charge in [0.2, 0.25) is 10.0 Å². The number of sulfonamides is 1. The van der Waals surface area contributed by atoms with Crippen LogP contribution in [0.2, 0.25) is 0 Å². The third-order valence-corrected chi connectivity index (χ3v) is 4.40. The molecule has 0 radical (unpaired) electrons. The van der Waals surface area contributed by atoms with Crippen LogP contribution in [-0.2, 0) is 19.5 Å². The molecule has 6 nitrogen and oxygen atoms in total. The lowest BCUT2D eigenvalue weighted by molar-refractivity contribution is 0.0600. The van der Waals surface area contributed by atoms with Gasteiger partial charge in [0.25, 0.3) is 0 Å². The largest absolute Gasteiger partial charge is 0.465 e. The number of carbonyl (C=O) groups is 1. The van der Waals surface area contributed by atoms with Crippen molar-refractivity contribution in [1.29, 1.82) is 0 Å². The highest BCUT2D eigenvalue weighted by molar-refractivity contribution is 7.89. The number of hydrogen-bond acceptors (Lipinski definition) is 5. The van der Waals surface area contributed by atoms with Crippen molar-refractivity contribution in [2.45, 2.75) is 24.8 Å². The Hall–Kier alpha value is -1.44. The van der Waals surface area contributed by atoms with Gasteiger partial charge in [-0.1, -0.05) is 6.07 Å². The van der Waals surface area contributed by atoms with Crippen LogP contribution in [0.15, 0.2) is 23.1 Å². The SMILES string of the molecule is COC[C@H](C)NS(=O)(=O)c1cc(C(=O)OC)ccc1C. The molecule has 1 rings (SSSR count). The van der Waals surface area contributed by atoms with Crippen LogP contribution in [0, 0.1) is 6.92 Å². The maximum Gasteiger partial charge on any atom is 0.337 e. The summed E-state index contributed by atoms with van der Waals surface area (Å²) in [7, 11) is -0.975. The van der Waals surface area contributed by atoms with Gasteiger partial charge in [0, 0.05) is 13.2 Å². The lowest BCUT2D eigenvalue weighted by Gasteiger charge is -2.15. The zero-order valence-electron chi connectivity index (χ0n) is 12.0. The van der Waals surface area contributed by atoms with Gasteiger partial charge in [0.05, 0.1) is 24.2 Å². The van der Waals surface area contributed by atoms with Crippen molar-refractivity contribution in [3.8, 4) is 0 Å². The fourth-order valence-corrected chi connectivity index (χ4v) is 3.25. The molecule has 0 saturated heterocycles. The van der Waals surface area contributed by atoms with Crippen molar-refractivity contribution < 1.29 is 22.7 Å². The second kappa shape index (κ2) is 6.83. The van der Waals surface area contributed by atoms with Gasteiger partial charge < -0.3 is 9.47 Å². The van der Waals surface area contributed by atoms with Gasteiger partial charge in [0.1, 0.15) is 0 Å². The molecular weight excluding hydrogens is 282 g/mol. The van der Waals surface area contributed by atoms with Crippen LogP contribution >= 0.6 is 0 Å². The number of esters is 1. The summed E-state index contributed by atoms with van der Waals surface area (Å²) in [6, 6.07) is 4.04. The number of aryl methyl sites for hydroxylation is 1. The van der Waals surface area contributed by atoms with E-state index in [0.29, 0.717) is 5.56 Å². The molecule has 0 unspecified atom stereocenters. The van der Waals surface area contributed by atoms with Crippen molar-refractivity contribution in [1.82, 2.24) is 4.72 Å². The monoisotopic (exact) mass is 301 g/mol. The molecular formula is C13H19NO5S. The minimum Gasteiger partial charge on any atom is -0.465 e. The third kappa shape index (κ3) is 4.03. The minimum atomic E-state index is -3.71. The number of nitrogens with one attached hydrogen (secondary N) is 1. The van der Waals surface area contributed by atoms with Crippen LogP contribution in [-0.4, -0.2) is 41.3 Å². The first-order chi connectivity index (χ1) is 9.31. The van der Waals surface area contributed by atoms with Crippen LogP contribution in [0.25, 0.3) is 0 Å². The normalized spacial score (nSPS) is 13.0. The van der Waals surface area contributed by atoms with E-state index in [9.17, 15) is 13.2 Å². The molecule has 0 aliphatic rings. The minimum absolute atomic E-state index is 0.0587. The topological polar surface area (TPSA) is 81.7 Å². The van der Waals surface area contributed by atoms with E-state index in [-0.39, 0.29) is 23.1 Å². The van der Waals surface area contributed by atoms with Crippen LogP contribution in [0.3, 0.4) is 0 Å². The predicted octanol–water partition coefficient (Wildman–Crippen LogP) is 1.09. The van der Waals surface area contributed by atoms with Gasteiger partial charge in [-0.2, -0.15) is 0 Å². The van der Waals surface area contributed by atoms with Crippen molar-refractivity contribution in [3.63, 3.8) is 0 Å². The molecule has 20 heavy (non-hydrogen) atoms. The van der Waals surface area contributed by atoms with E-state index in [1.807, 2.05) is 0 Å². The Bertz CT molecular complexity index is 582. The number of carbonyl (C=O) groups excluding carboxylic acids is 1. The van der Waals surface area contributed by atoms with Crippen molar-refractivity contribution in [3.05, 3.63) is 29.3 Å². The Morgan fingerprint density at radius 3 is 2.55 bits per heavy atom. The molecule has 0 aromatic heterocycles. The maximum absolute atomic E-state index is 12.3. The Labute approximate surface area is 119 Å². The summed E-state index contributed by atoms with van der Waals surface area (Å²) in [5, 5.41) is 0. The lowest BCUT2D eigenvalue weighted by atomic mass is 10.1. The fourth-order valence-electron chi connectivity index (χ4n) is 1.75.